The summed E-state index contributed by atoms with van der Waals surface area (Å²) in [5.41, 5.74) is 2.11. The molecular weight excluding hydrogens is 390 g/mol. The number of carbonyl (C=O) groups is 1. The van der Waals surface area contributed by atoms with Crippen LogP contribution in [0.1, 0.15) is 5.56 Å². The van der Waals surface area contributed by atoms with Gasteiger partial charge in [-0.25, -0.2) is 4.98 Å². The summed E-state index contributed by atoms with van der Waals surface area (Å²) in [7, 11) is 0. The Morgan fingerprint density at radius 3 is 2.88 bits per heavy atom. The smallest absolute Gasteiger partial charge is 0.236 e. The molecule has 2 heterocycles. The average molecular weight is 404 g/mol. The van der Waals surface area contributed by atoms with Gasteiger partial charge in [0.2, 0.25) is 5.91 Å². The molecule has 0 aliphatic heterocycles. The second-order valence-electron chi connectivity index (χ2n) is 4.97. The van der Waals surface area contributed by atoms with E-state index in [0.717, 1.165) is 15.7 Å². The van der Waals surface area contributed by atoms with Crippen LogP contribution in [0.15, 0.2) is 58.6 Å². The van der Waals surface area contributed by atoms with Crippen molar-refractivity contribution in [2.24, 2.45) is 0 Å². The molecule has 2 aromatic heterocycles. The lowest BCUT2D eigenvalue weighted by molar-refractivity contribution is -0.113. The molecule has 0 unspecified atom stereocenters. The Bertz CT molecular complexity index is 850. The van der Waals surface area contributed by atoms with Crippen LogP contribution in [0.2, 0.25) is 0 Å². The monoisotopic (exact) mass is 403 g/mol. The van der Waals surface area contributed by atoms with E-state index in [1.165, 1.54) is 11.8 Å². The summed E-state index contributed by atoms with van der Waals surface area (Å²) in [6.07, 6.45) is 3.29. The minimum Gasteiger partial charge on any atom is -0.310 e. The third-order valence-corrected chi connectivity index (χ3v) is 4.63. The Labute approximate surface area is 151 Å². The number of benzene rings is 1. The number of thioether (sulfide) groups is 1. The van der Waals surface area contributed by atoms with E-state index in [1.807, 2.05) is 41.8 Å². The summed E-state index contributed by atoms with van der Waals surface area (Å²) >= 11 is 4.64. The maximum absolute atomic E-state index is 12.1. The van der Waals surface area contributed by atoms with Crippen molar-refractivity contribution < 1.29 is 4.79 Å². The fourth-order valence-electron chi connectivity index (χ4n) is 2.08. The number of para-hydroxylation sites is 1. The fraction of sp³-hybridized carbons (Fsp3) is 0.125. The highest BCUT2D eigenvalue weighted by Crippen LogP contribution is 2.21. The zero-order valence-corrected chi connectivity index (χ0v) is 15.2. The maximum atomic E-state index is 12.1. The summed E-state index contributed by atoms with van der Waals surface area (Å²) in [6, 6.07) is 11.5. The molecule has 1 amide bonds. The van der Waals surface area contributed by atoms with E-state index in [1.54, 1.807) is 18.6 Å². The SMILES string of the molecule is Cc1ccccc1-n1cnnc1SCC(=O)Nc1ccc(Br)cn1. The Morgan fingerprint density at radius 2 is 2.12 bits per heavy atom. The quantitative estimate of drug-likeness (QED) is 0.660. The first-order chi connectivity index (χ1) is 11.6. The number of rotatable bonds is 5. The van der Waals surface area contributed by atoms with E-state index in [4.69, 9.17) is 0 Å². The molecule has 24 heavy (non-hydrogen) atoms. The number of pyridine rings is 1. The van der Waals surface area contributed by atoms with Gasteiger partial charge >= 0.3 is 0 Å². The first-order valence-electron chi connectivity index (χ1n) is 7.14. The van der Waals surface area contributed by atoms with Crippen LogP contribution in [0.5, 0.6) is 0 Å². The van der Waals surface area contributed by atoms with Crippen molar-refractivity contribution in [3.63, 3.8) is 0 Å². The first-order valence-corrected chi connectivity index (χ1v) is 8.91. The van der Waals surface area contributed by atoms with Crippen molar-refractivity contribution in [2.75, 3.05) is 11.1 Å². The Balaban J connectivity index is 1.65. The van der Waals surface area contributed by atoms with E-state index in [2.05, 4.69) is 36.4 Å². The van der Waals surface area contributed by atoms with Crippen molar-refractivity contribution in [1.82, 2.24) is 19.7 Å². The van der Waals surface area contributed by atoms with Gasteiger partial charge in [0.05, 0.1) is 11.4 Å². The van der Waals surface area contributed by atoms with E-state index >= 15 is 0 Å². The van der Waals surface area contributed by atoms with Crippen LogP contribution in [0.3, 0.4) is 0 Å². The lowest BCUT2D eigenvalue weighted by atomic mass is 10.2. The number of hydrogen-bond acceptors (Lipinski definition) is 5. The molecule has 0 radical (unpaired) electrons. The first kappa shape index (κ1) is 16.7. The fourth-order valence-corrected chi connectivity index (χ4v) is 3.04. The van der Waals surface area contributed by atoms with Crippen molar-refractivity contribution in [2.45, 2.75) is 12.1 Å². The Morgan fingerprint density at radius 1 is 1.29 bits per heavy atom. The van der Waals surface area contributed by atoms with Crippen LogP contribution in [0, 0.1) is 6.92 Å². The molecule has 0 saturated heterocycles. The summed E-state index contributed by atoms with van der Waals surface area (Å²) in [5.74, 6) is 0.598. The van der Waals surface area contributed by atoms with Gasteiger partial charge in [-0.05, 0) is 46.6 Å². The van der Waals surface area contributed by atoms with Crippen LogP contribution in [-0.2, 0) is 4.79 Å². The molecule has 1 N–H and O–H groups in total. The highest BCUT2D eigenvalue weighted by atomic mass is 79.9. The largest absolute Gasteiger partial charge is 0.310 e. The van der Waals surface area contributed by atoms with Crippen molar-refractivity contribution in [3.05, 3.63) is 59.0 Å². The summed E-state index contributed by atoms with van der Waals surface area (Å²) in [4.78, 5) is 16.2. The van der Waals surface area contributed by atoms with Crippen molar-refractivity contribution in [1.29, 1.82) is 0 Å². The second-order valence-corrected chi connectivity index (χ2v) is 6.83. The number of anilines is 1. The lowest BCUT2D eigenvalue weighted by Gasteiger charge is -2.09. The topological polar surface area (TPSA) is 72.7 Å². The maximum Gasteiger partial charge on any atom is 0.236 e. The van der Waals surface area contributed by atoms with Crippen molar-refractivity contribution in [3.8, 4) is 5.69 Å². The number of aryl methyl sites for hydroxylation is 1. The zero-order chi connectivity index (χ0) is 16.9. The average Bonchev–Trinajstić information content (AvgIpc) is 3.04. The van der Waals surface area contributed by atoms with Gasteiger partial charge < -0.3 is 5.32 Å². The molecule has 8 heteroatoms. The van der Waals surface area contributed by atoms with Gasteiger partial charge in [-0.3, -0.25) is 9.36 Å². The molecule has 0 spiro atoms. The van der Waals surface area contributed by atoms with Gasteiger partial charge in [0, 0.05) is 10.7 Å². The number of carbonyl (C=O) groups excluding carboxylic acids is 1. The molecule has 0 aliphatic rings. The molecule has 0 fully saturated rings. The molecule has 0 saturated carbocycles. The number of halogens is 1. The molecule has 0 aliphatic carbocycles. The minimum atomic E-state index is -0.144. The standard InChI is InChI=1S/C16H14BrN5OS/c1-11-4-2-3-5-13(11)22-10-19-21-16(22)24-9-15(23)20-14-7-6-12(17)8-18-14/h2-8,10H,9H2,1H3,(H,18,20,23). The van der Waals surface area contributed by atoms with E-state index in [0.29, 0.717) is 11.0 Å². The molecule has 0 bridgehead atoms. The van der Waals surface area contributed by atoms with Crippen LogP contribution < -0.4 is 5.32 Å². The van der Waals surface area contributed by atoms with E-state index in [-0.39, 0.29) is 11.7 Å². The number of nitrogens with one attached hydrogen (secondary N) is 1. The van der Waals surface area contributed by atoms with Gasteiger partial charge in [-0.15, -0.1) is 10.2 Å². The van der Waals surface area contributed by atoms with Crippen LogP contribution in [0.4, 0.5) is 5.82 Å². The molecule has 0 atom stereocenters. The molecular formula is C16H14BrN5OS. The van der Waals surface area contributed by atoms with Gasteiger partial charge in [0.25, 0.3) is 0 Å². The van der Waals surface area contributed by atoms with Gasteiger partial charge in [-0.1, -0.05) is 30.0 Å². The lowest BCUT2D eigenvalue weighted by Crippen LogP contribution is -2.15. The van der Waals surface area contributed by atoms with Crippen molar-refractivity contribution >= 4 is 39.4 Å². The highest BCUT2D eigenvalue weighted by molar-refractivity contribution is 9.10. The predicted octanol–water partition coefficient (Wildman–Crippen LogP) is 3.46. The van der Waals surface area contributed by atoms with Gasteiger partial charge in [0.15, 0.2) is 5.16 Å². The zero-order valence-electron chi connectivity index (χ0n) is 12.8. The Hall–Kier alpha value is -2.19. The number of aromatic nitrogens is 4. The molecule has 1 aromatic carbocycles. The number of nitrogens with zero attached hydrogens (tertiary/aromatic N) is 4. The summed E-state index contributed by atoms with van der Waals surface area (Å²) in [6.45, 7) is 2.02. The number of hydrogen-bond donors (Lipinski definition) is 1. The summed E-state index contributed by atoms with van der Waals surface area (Å²) < 4.78 is 2.74. The minimum absolute atomic E-state index is 0.144. The number of amides is 1. The third kappa shape index (κ3) is 4.01. The molecule has 6 nitrogen and oxygen atoms in total. The molecule has 3 aromatic rings. The van der Waals surface area contributed by atoms with Gasteiger partial charge in [-0.2, -0.15) is 0 Å². The second kappa shape index (κ2) is 7.59. The molecule has 122 valence electrons. The highest BCUT2D eigenvalue weighted by Gasteiger charge is 2.11. The Kier molecular flexibility index (Phi) is 5.27. The van der Waals surface area contributed by atoms with Crippen LogP contribution in [0.25, 0.3) is 5.69 Å². The van der Waals surface area contributed by atoms with Gasteiger partial charge in [0.1, 0.15) is 12.1 Å². The van der Waals surface area contributed by atoms with Crippen LogP contribution >= 0.6 is 27.7 Å². The summed E-state index contributed by atoms with van der Waals surface area (Å²) in [5, 5.41) is 11.5. The van der Waals surface area contributed by atoms with E-state index in [9.17, 15) is 4.79 Å². The normalized spacial score (nSPS) is 10.6. The third-order valence-electron chi connectivity index (χ3n) is 3.22. The predicted molar refractivity (Wildman–Crippen MR) is 97.4 cm³/mol. The van der Waals surface area contributed by atoms with Crippen LogP contribution in [-0.4, -0.2) is 31.4 Å². The van der Waals surface area contributed by atoms with E-state index < -0.39 is 0 Å². The molecule has 3 rings (SSSR count).